The van der Waals surface area contributed by atoms with Crippen LogP contribution in [0, 0.1) is 0 Å². The quantitative estimate of drug-likeness (QED) is 0.123. The first kappa shape index (κ1) is 25.3. The Kier molecular flexibility index (Phi) is 7.66. The maximum atomic E-state index is 12.9. The number of hydrogen-bond donors (Lipinski definition) is 1. The van der Waals surface area contributed by atoms with E-state index in [2.05, 4.69) is 46.9 Å². The summed E-state index contributed by atoms with van der Waals surface area (Å²) < 4.78 is 5.66. The molecule has 0 fully saturated rings. The van der Waals surface area contributed by atoms with Crippen molar-refractivity contribution in [2.24, 2.45) is 5.16 Å². The lowest BCUT2D eigenvalue weighted by Crippen LogP contribution is -2.38. The molecule has 1 heterocycles. The van der Waals surface area contributed by atoms with Gasteiger partial charge in [0.05, 0.1) is 0 Å². The fourth-order valence-electron chi connectivity index (χ4n) is 3.99. The molecule has 0 spiro atoms. The molecule has 0 saturated heterocycles. The summed E-state index contributed by atoms with van der Waals surface area (Å²) >= 11 is 1.39. The van der Waals surface area contributed by atoms with Gasteiger partial charge in [0.2, 0.25) is 14.0 Å². The molecule has 4 aromatic rings. The van der Waals surface area contributed by atoms with Crippen LogP contribution in [0.5, 0.6) is 0 Å². The highest BCUT2D eigenvalue weighted by molar-refractivity contribution is 7.14. The van der Waals surface area contributed by atoms with Gasteiger partial charge >= 0.3 is 5.97 Å². The predicted molar refractivity (Wildman–Crippen MR) is 148 cm³/mol. The van der Waals surface area contributed by atoms with E-state index in [1.54, 1.807) is 5.38 Å². The molecule has 1 aromatic heterocycles. The van der Waals surface area contributed by atoms with Crippen LogP contribution in [0.15, 0.2) is 102 Å². The van der Waals surface area contributed by atoms with Gasteiger partial charge in [0.15, 0.2) is 5.13 Å². The number of benzene rings is 3. The van der Waals surface area contributed by atoms with E-state index in [1.165, 1.54) is 18.4 Å². The molecule has 1 N–H and O–H groups in total. The van der Waals surface area contributed by atoms with Crippen LogP contribution in [0.4, 0.5) is 5.13 Å². The highest BCUT2D eigenvalue weighted by atomic mass is 32.1. The lowest BCUT2D eigenvalue weighted by molar-refractivity contribution is -0.127. The number of carbonyl (C=O) groups excluding carboxylic acids is 1. The molecule has 0 amide bonds. The first-order valence-electron chi connectivity index (χ1n) is 11.6. The zero-order chi connectivity index (χ0) is 25.6. The molecular formula is C28H29N3O3SSi. The molecule has 0 aliphatic carbocycles. The maximum absolute atomic E-state index is 12.9. The topological polar surface area (TPSA) is 72.8 Å². The molecular weight excluding hydrogens is 486 g/mol. The summed E-state index contributed by atoms with van der Waals surface area (Å²) in [5, 5.41) is 10.1. The smallest absolute Gasteiger partial charge is 0.349 e. The van der Waals surface area contributed by atoms with Crippen LogP contribution in [0.2, 0.25) is 19.6 Å². The number of anilines is 1. The number of thiazole rings is 1. The van der Waals surface area contributed by atoms with Crippen LogP contribution < -0.4 is 5.32 Å². The van der Waals surface area contributed by atoms with Gasteiger partial charge in [-0.3, -0.25) is 0 Å². The van der Waals surface area contributed by atoms with Crippen LogP contribution in [-0.4, -0.2) is 32.1 Å². The number of carbonyl (C=O) groups is 1. The molecule has 36 heavy (non-hydrogen) atoms. The summed E-state index contributed by atoms with van der Waals surface area (Å²) in [5.41, 5.74) is 2.90. The van der Waals surface area contributed by atoms with Crippen LogP contribution in [0.1, 0.15) is 22.4 Å². The first-order valence-corrected chi connectivity index (χ1v) is 15.9. The van der Waals surface area contributed by atoms with Gasteiger partial charge in [0, 0.05) is 5.38 Å². The molecule has 0 atom stereocenters. The Morgan fingerprint density at radius 3 is 1.75 bits per heavy atom. The maximum Gasteiger partial charge on any atom is 0.349 e. The summed E-state index contributed by atoms with van der Waals surface area (Å²) in [7, 11) is -0.733. The molecule has 0 saturated carbocycles. The minimum atomic E-state index is -2.13. The molecule has 8 heteroatoms. The molecule has 0 aliphatic rings. The van der Waals surface area contributed by atoms with Crippen LogP contribution in [0.25, 0.3) is 0 Å². The molecule has 0 aliphatic heterocycles. The van der Waals surface area contributed by atoms with Crippen molar-refractivity contribution in [1.82, 2.24) is 4.98 Å². The van der Waals surface area contributed by atoms with Crippen LogP contribution in [0.3, 0.4) is 0 Å². The summed E-state index contributed by atoms with van der Waals surface area (Å²) in [6, 6.07) is 30.8. The minimum Gasteiger partial charge on any atom is -0.515 e. The van der Waals surface area contributed by atoms with Crippen molar-refractivity contribution >= 4 is 36.5 Å². The second-order valence-corrected chi connectivity index (χ2v) is 14.4. The summed E-state index contributed by atoms with van der Waals surface area (Å²) in [5.74, 6) is -0.534. The average Bonchev–Trinajstić information content (AvgIpc) is 3.34. The van der Waals surface area contributed by atoms with Gasteiger partial charge in [-0.15, -0.1) is 11.3 Å². The van der Waals surface area contributed by atoms with Gasteiger partial charge in [-0.2, -0.15) is 0 Å². The number of nitrogens with one attached hydrogen (secondary N) is 1. The van der Waals surface area contributed by atoms with Crippen LogP contribution in [-0.2, 0) is 19.6 Å². The Morgan fingerprint density at radius 1 is 0.861 bits per heavy atom. The summed E-state index contributed by atoms with van der Waals surface area (Å²) in [4.78, 5) is 22.6. The normalized spacial score (nSPS) is 12.2. The third-order valence-corrected chi connectivity index (χ3v) is 6.99. The van der Waals surface area contributed by atoms with E-state index in [0.29, 0.717) is 10.8 Å². The Balaban J connectivity index is 1.82. The molecule has 184 valence electrons. The number of aromatic nitrogens is 1. The average molecular weight is 516 g/mol. The third-order valence-electron chi connectivity index (χ3n) is 5.44. The van der Waals surface area contributed by atoms with Crippen molar-refractivity contribution in [1.29, 1.82) is 0 Å². The van der Waals surface area contributed by atoms with Gasteiger partial charge in [-0.1, -0.05) is 96.2 Å². The van der Waals surface area contributed by atoms with E-state index in [1.807, 2.05) is 74.2 Å². The summed E-state index contributed by atoms with van der Waals surface area (Å²) in [6.45, 7) is 5.83. The third kappa shape index (κ3) is 5.55. The predicted octanol–water partition coefficient (Wildman–Crippen LogP) is 6.28. The lowest BCUT2D eigenvalue weighted by atomic mass is 9.77. The van der Waals surface area contributed by atoms with E-state index in [4.69, 9.17) is 14.2 Å². The molecule has 0 unspecified atom stereocenters. The highest BCUT2D eigenvalue weighted by Crippen LogP contribution is 2.40. The molecule has 0 radical (unpaired) electrons. The SMILES string of the molecule is CON=C(C(=O)O[Si](C)(C)C)c1csc(NC(c2ccccc2)(c2ccccc2)c2ccccc2)n1. The molecule has 3 aromatic carbocycles. The first-order chi connectivity index (χ1) is 17.3. The van der Waals surface area contributed by atoms with Crippen molar-refractivity contribution < 1.29 is 14.1 Å². The van der Waals surface area contributed by atoms with E-state index < -0.39 is 19.8 Å². The van der Waals surface area contributed by atoms with Gasteiger partial charge < -0.3 is 14.6 Å². The molecule has 6 nitrogen and oxygen atoms in total. The number of rotatable bonds is 9. The summed E-state index contributed by atoms with van der Waals surface area (Å²) in [6.07, 6.45) is 0. The van der Waals surface area contributed by atoms with Crippen molar-refractivity contribution in [3.8, 4) is 0 Å². The van der Waals surface area contributed by atoms with Crippen LogP contribution >= 0.6 is 11.3 Å². The Morgan fingerprint density at radius 2 is 1.33 bits per heavy atom. The largest absolute Gasteiger partial charge is 0.515 e. The van der Waals surface area contributed by atoms with Crippen molar-refractivity contribution in [3.63, 3.8) is 0 Å². The highest BCUT2D eigenvalue weighted by Gasteiger charge is 2.37. The van der Waals surface area contributed by atoms with Crippen molar-refractivity contribution in [2.75, 3.05) is 12.4 Å². The van der Waals surface area contributed by atoms with Crippen molar-refractivity contribution in [2.45, 2.75) is 25.2 Å². The van der Waals surface area contributed by atoms with E-state index in [9.17, 15) is 4.79 Å². The van der Waals surface area contributed by atoms with E-state index in [0.717, 1.165) is 16.7 Å². The second kappa shape index (κ2) is 10.9. The van der Waals surface area contributed by atoms with E-state index in [-0.39, 0.29) is 5.71 Å². The second-order valence-electron chi connectivity index (χ2n) is 9.14. The van der Waals surface area contributed by atoms with Gasteiger partial charge in [-0.25, -0.2) is 9.78 Å². The fraction of sp³-hybridized carbons (Fsp3) is 0.179. The van der Waals surface area contributed by atoms with Gasteiger partial charge in [0.25, 0.3) is 0 Å². The number of nitrogens with zero attached hydrogens (tertiary/aromatic N) is 2. The molecule has 4 rings (SSSR count). The van der Waals surface area contributed by atoms with Gasteiger partial charge in [0.1, 0.15) is 18.3 Å². The minimum absolute atomic E-state index is 0.0500. The van der Waals surface area contributed by atoms with Crippen molar-refractivity contribution in [3.05, 3.63) is 119 Å². The Hall–Kier alpha value is -3.75. The van der Waals surface area contributed by atoms with Gasteiger partial charge in [-0.05, 0) is 36.3 Å². The zero-order valence-electron chi connectivity index (χ0n) is 20.8. The lowest BCUT2D eigenvalue weighted by Gasteiger charge is -2.36. The molecule has 0 bridgehead atoms. The monoisotopic (exact) mass is 515 g/mol. The zero-order valence-corrected chi connectivity index (χ0v) is 22.6. The van der Waals surface area contributed by atoms with E-state index >= 15 is 0 Å². The Labute approximate surface area is 216 Å². The fourth-order valence-corrected chi connectivity index (χ4v) is 5.39. The Bertz CT molecular complexity index is 1220. The number of hydrogen-bond acceptors (Lipinski definition) is 7. The standard InChI is InChI=1S/C28H29N3O3SSi/c1-33-31-25(26(32)34-36(2,3)4)24-20-35-27(29-24)30-28(21-14-8-5-9-15-21,22-16-10-6-11-17-22)23-18-12-7-13-19-23/h5-20H,1-4H3,(H,29,30). The number of oxime groups is 1.